The molecule has 2 aromatic carbocycles. The van der Waals surface area contributed by atoms with E-state index in [0.29, 0.717) is 26.2 Å². The number of hydrogen-bond acceptors (Lipinski definition) is 6. The average molecular weight is 486 g/mol. The number of nitrogens with one attached hydrogen (secondary N) is 1. The number of piperazine rings is 2. The zero-order chi connectivity index (χ0) is 23.8. The normalized spacial score (nSPS) is 17.8. The van der Waals surface area contributed by atoms with Crippen molar-refractivity contribution in [2.45, 2.75) is 11.3 Å². The topological polar surface area (TPSA) is 76.2 Å². The van der Waals surface area contributed by atoms with Crippen molar-refractivity contribution in [3.8, 4) is 0 Å². The number of carbonyl (C=O) groups is 1. The van der Waals surface area contributed by atoms with Crippen LogP contribution >= 0.6 is 0 Å². The first-order valence-corrected chi connectivity index (χ1v) is 13.5. The Morgan fingerprint density at radius 3 is 2.09 bits per heavy atom. The highest BCUT2D eigenvalue weighted by molar-refractivity contribution is 7.89. The van der Waals surface area contributed by atoms with E-state index in [0.717, 1.165) is 39.3 Å². The molecule has 0 spiro atoms. The van der Waals surface area contributed by atoms with Crippen molar-refractivity contribution in [1.82, 2.24) is 19.4 Å². The summed E-state index contributed by atoms with van der Waals surface area (Å²) in [4.78, 5) is 19.5. The molecular weight excluding hydrogens is 450 g/mol. The van der Waals surface area contributed by atoms with Crippen molar-refractivity contribution >= 4 is 21.6 Å². The minimum absolute atomic E-state index is 0.0197. The lowest BCUT2D eigenvalue weighted by molar-refractivity contribution is -0.131. The minimum atomic E-state index is -3.67. The summed E-state index contributed by atoms with van der Waals surface area (Å²) < 4.78 is 28.3. The van der Waals surface area contributed by atoms with Crippen molar-refractivity contribution in [1.29, 1.82) is 0 Å². The quantitative estimate of drug-likeness (QED) is 0.578. The predicted octanol–water partition coefficient (Wildman–Crippen LogP) is 1.32. The van der Waals surface area contributed by atoms with E-state index in [-0.39, 0.29) is 23.8 Å². The van der Waals surface area contributed by atoms with Crippen molar-refractivity contribution in [2.75, 3.05) is 76.9 Å². The lowest BCUT2D eigenvalue weighted by atomic mass is 10.2. The molecule has 0 bridgehead atoms. The number of para-hydroxylation sites is 1. The third-order valence-corrected chi connectivity index (χ3v) is 8.50. The zero-order valence-corrected chi connectivity index (χ0v) is 20.5. The summed E-state index contributed by atoms with van der Waals surface area (Å²) in [5.41, 5.74) is 1.22. The summed E-state index contributed by atoms with van der Waals surface area (Å²) in [6.07, 6.45) is 0.202. The van der Waals surface area contributed by atoms with Gasteiger partial charge in [-0.05, 0) is 24.3 Å². The van der Waals surface area contributed by atoms with Gasteiger partial charge >= 0.3 is 0 Å². The predicted molar refractivity (Wildman–Crippen MR) is 134 cm³/mol. The van der Waals surface area contributed by atoms with Crippen LogP contribution in [-0.2, 0) is 14.8 Å². The maximum absolute atomic E-state index is 13.4. The zero-order valence-electron chi connectivity index (χ0n) is 19.7. The Morgan fingerprint density at radius 2 is 1.44 bits per heavy atom. The van der Waals surface area contributed by atoms with Crippen LogP contribution in [0.5, 0.6) is 0 Å². The van der Waals surface area contributed by atoms with Crippen LogP contribution in [0.15, 0.2) is 65.6 Å². The summed E-state index contributed by atoms with van der Waals surface area (Å²) in [6.45, 7) is 7.73. The molecule has 2 fully saturated rings. The van der Waals surface area contributed by atoms with Gasteiger partial charge in [-0.3, -0.25) is 9.69 Å². The number of hydrogen-bond donors (Lipinski definition) is 1. The molecule has 0 aliphatic carbocycles. The van der Waals surface area contributed by atoms with E-state index in [1.54, 1.807) is 24.3 Å². The molecule has 4 rings (SSSR count). The van der Waals surface area contributed by atoms with Crippen LogP contribution in [0.3, 0.4) is 0 Å². The molecule has 2 heterocycles. The number of carbonyl (C=O) groups excluding carboxylic acids is 1. The number of amides is 1. The highest BCUT2D eigenvalue weighted by atomic mass is 32.2. The Kier molecular flexibility index (Phi) is 8.55. The van der Waals surface area contributed by atoms with Crippen molar-refractivity contribution < 1.29 is 13.2 Å². The van der Waals surface area contributed by atoms with Gasteiger partial charge in [0.1, 0.15) is 0 Å². The minimum Gasteiger partial charge on any atom is -0.369 e. The molecule has 2 saturated heterocycles. The molecule has 8 nitrogen and oxygen atoms in total. The fraction of sp³-hybridized carbons (Fsp3) is 0.480. The summed E-state index contributed by atoms with van der Waals surface area (Å²) in [6, 6.07) is 18.9. The molecule has 0 atom stereocenters. The Morgan fingerprint density at radius 1 is 0.824 bits per heavy atom. The number of nitrogens with zero attached hydrogens (tertiary/aromatic N) is 4. The van der Waals surface area contributed by atoms with Gasteiger partial charge in [0, 0.05) is 84.1 Å². The summed E-state index contributed by atoms with van der Waals surface area (Å²) >= 11 is 0. The van der Waals surface area contributed by atoms with Gasteiger partial charge in [0.05, 0.1) is 4.90 Å². The molecule has 2 aromatic rings. The second-order valence-electron chi connectivity index (χ2n) is 8.76. The van der Waals surface area contributed by atoms with Crippen LogP contribution in [0.1, 0.15) is 6.42 Å². The molecular formula is C25H35N5O3S. The Hall–Kier alpha value is -2.46. The van der Waals surface area contributed by atoms with E-state index in [4.69, 9.17) is 0 Å². The van der Waals surface area contributed by atoms with Crippen LogP contribution in [0, 0.1) is 0 Å². The van der Waals surface area contributed by atoms with Gasteiger partial charge in [0.2, 0.25) is 15.9 Å². The van der Waals surface area contributed by atoms with Crippen LogP contribution in [0.4, 0.5) is 5.69 Å². The smallest absolute Gasteiger partial charge is 0.243 e. The summed E-state index contributed by atoms with van der Waals surface area (Å²) in [7, 11) is -3.67. The monoisotopic (exact) mass is 485 g/mol. The molecule has 9 heteroatoms. The van der Waals surface area contributed by atoms with E-state index < -0.39 is 10.0 Å². The van der Waals surface area contributed by atoms with Crippen molar-refractivity contribution in [3.63, 3.8) is 0 Å². The average Bonchev–Trinajstić information content (AvgIpc) is 2.90. The molecule has 0 saturated carbocycles. The van der Waals surface area contributed by atoms with Gasteiger partial charge in [-0.15, -0.1) is 0 Å². The molecule has 184 valence electrons. The highest BCUT2D eigenvalue weighted by Crippen LogP contribution is 2.18. The number of sulfonamides is 1. The lowest BCUT2D eigenvalue weighted by Gasteiger charge is -2.37. The molecule has 2 aliphatic rings. The van der Waals surface area contributed by atoms with E-state index in [9.17, 15) is 13.2 Å². The van der Waals surface area contributed by atoms with Crippen LogP contribution in [-0.4, -0.2) is 100 Å². The van der Waals surface area contributed by atoms with E-state index in [1.807, 2.05) is 17.0 Å². The van der Waals surface area contributed by atoms with Gasteiger partial charge < -0.3 is 15.1 Å². The van der Waals surface area contributed by atoms with Gasteiger partial charge in [-0.25, -0.2) is 8.42 Å². The maximum Gasteiger partial charge on any atom is 0.243 e. The first kappa shape index (κ1) is 24.7. The first-order valence-electron chi connectivity index (χ1n) is 12.1. The fourth-order valence-electron chi connectivity index (χ4n) is 4.51. The molecule has 34 heavy (non-hydrogen) atoms. The van der Waals surface area contributed by atoms with Crippen molar-refractivity contribution in [2.24, 2.45) is 0 Å². The largest absolute Gasteiger partial charge is 0.369 e. The molecule has 0 radical (unpaired) electrons. The van der Waals surface area contributed by atoms with Gasteiger partial charge in [0.25, 0.3) is 0 Å². The van der Waals surface area contributed by atoms with E-state index in [1.165, 1.54) is 9.99 Å². The number of benzene rings is 2. The first-order chi connectivity index (χ1) is 16.5. The fourth-order valence-corrected chi connectivity index (χ4v) is 5.96. The SMILES string of the molecule is O=C(CCN(CCN1CCN(c2ccccc2)CC1)S(=O)(=O)c1ccccc1)N1CCNCC1. The standard InChI is InChI=1S/C25H35N5O3S/c31-25(29-15-12-26-13-16-29)11-14-30(34(32,33)24-9-5-2-6-10-24)22-19-27-17-20-28(21-18-27)23-7-3-1-4-8-23/h1-10,26H,11-22H2. The maximum atomic E-state index is 13.4. The van der Waals surface area contributed by atoms with Gasteiger partial charge in [0.15, 0.2) is 0 Å². The lowest BCUT2D eigenvalue weighted by Crippen LogP contribution is -2.49. The highest BCUT2D eigenvalue weighted by Gasteiger charge is 2.27. The Bertz CT molecular complexity index is 1010. The molecule has 0 aromatic heterocycles. The summed E-state index contributed by atoms with van der Waals surface area (Å²) in [5, 5.41) is 3.24. The second-order valence-corrected chi connectivity index (χ2v) is 10.7. The Balaban J connectivity index is 1.36. The Labute approximate surface area is 203 Å². The van der Waals surface area contributed by atoms with E-state index in [2.05, 4.69) is 39.4 Å². The molecule has 1 amide bonds. The molecule has 1 N–H and O–H groups in total. The second kappa shape index (κ2) is 11.8. The molecule has 0 unspecified atom stereocenters. The van der Waals surface area contributed by atoms with Crippen molar-refractivity contribution in [3.05, 3.63) is 60.7 Å². The van der Waals surface area contributed by atoms with Crippen LogP contribution < -0.4 is 10.2 Å². The third kappa shape index (κ3) is 6.35. The molecule has 2 aliphatic heterocycles. The van der Waals surface area contributed by atoms with Gasteiger partial charge in [-0.2, -0.15) is 4.31 Å². The van der Waals surface area contributed by atoms with E-state index >= 15 is 0 Å². The van der Waals surface area contributed by atoms with Crippen LogP contribution in [0.25, 0.3) is 0 Å². The number of anilines is 1. The van der Waals surface area contributed by atoms with Gasteiger partial charge in [-0.1, -0.05) is 36.4 Å². The van der Waals surface area contributed by atoms with Crippen LogP contribution in [0.2, 0.25) is 0 Å². The summed E-state index contributed by atoms with van der Waals surface area (Å²) in [5.74, 6) is 0.0197. The number of rotatable bonds is 9. The third-order valence-electron chi connectivity index (χ3n) is 6.59.